The maximum absolute atomic E-state index is 13.2. The van der Waals surface area contributed by atoms with E-state index in [0.717, 1.165) is 22.6 Å². The van der Waals surface area contributed by atoms with Crippen molar-refractivity contribution in [3.63, 3.8) is 0 Å². The molecule has 0 aliphatic heterocycles. The molecule has 1 N–H and O–H groups in total. The highest BCUT2D eigenvalue weighted by Crippen LogP contribution is 2.30. The summed E-state index contributed by atoms with van der Waals surface area (Å²) in [6.07, 6.45) is 3.00. The number of aldehydes is 1. The molecule has 3 aromatic rings. The third kappa shape index (κ3) is 8.78. The fourth-order valence-corrected chi connectivity index (χ4v) is 4.46. The summed E-state index contributed by atoms with van der Waals surface area (Å²) in [5, 5.41) is 2.67. The van der Waals surface area contributed by atoms with Gasteiger partial charge in [0.1, 0.15) is 23.3 Å². The van der Waals surface area contributed by atoms with Crippen LogP contribution in [-0.4, -0.2) is 62.7 Å². The summed E-state index contributed by atoms with van der Waals surface area (Å²) in [6.45, 7) is 4.59. The third-order valence-corrected chi connectivity index (χ3v) is 6.78. The minimum Gasteiger partial charge on any atom is -0.497 e. The van der Waals surface area contributed by atoms with Gasteiger partial charge in [0.2, 0.25) is 5.75 Å². The van der Waals surface area contributed by atoms with E-state index in [-0.39, 0.29) is 35.8 Å². The number of nitrogens with one attached hydrogen (secondary N) is 1. The smallest absolute Gasteiger partial charge is 0.308 e. The maximum atomic E-state index is 13.2. The van der Waals surface area contributed by atoms with E-state index in [4.69, 9.17) is 23.7 Å². The molecule has 10 nitrogen and oxygen atoms in total. The number of aromatic nitrogens is 1. The van der Waals surface area contributed by atoms with Gasteiger partial charge in [0.15, 0.2) is 11.4 Å². The fraction of sp³-hybridized carbons (Fsp3) is 0.375. The zero-order valence-corrected chi connectivity index (χ0v) is 24.8. The van der Waals surface area contributed by atoms with Crippen LogP contribution in [0.3, 0.4) is 0 Å². The number of benzene rings is 2. The third-order valence-electron chi connectivity index (χ3n) is 6.78. The van der Waals surface area contributed by atoms with Crippen molar-refractivity contribution in [3.8, 4) is 23.0 Å². The molecule has 3 rings (SSSR count). The summed E-state index contributed by atoms with van der Waals surface area (Å²) in [5.74, 6) is 0.175. The van der Waals surface area contributed by atoms with Gasteiger partial charge in [0, 0.05) is 19.2 Å². The molecule has 0 bridgehead atoms. The van der Waals surface area contributed by atoms with Crippen molar-refractivity contribution in [1.82, 2.24) is 10.3 Å². The number of hydrogen-bond acceptors (Lipinski definition) is 9. The Balaban J connectivity index is 1.79. The second-order valence-electron chi connectivity index (χ2n) is 10.2. The van der Waals surface area contributed by atoms with Gasteiger partial charge >= 0.3 is 5.97 Å². The van der Waals surface area contributed by atoms with Gasteiger partial charge in [0.25, 0.3) is 5.91 Å². The first kappa shape index (κ1) is 32.1. The Hall–Kier alpha value is -4.44. The van der Waals surface area contributed by atoms with Gasteiger partial charge in [-0.05, 0) is 68.0 Å². The van der Waals surface area contributed by atoms with E-state index in [9.17, 15) is 14.4 Å². The lowest BCUT2D eigenvalue weighted by Crippen LogP contribution is -2.52. The topological polar surface area (TPSA) is 122 Å². The Morgan fingerprint density at radius 1 is 0.952 bits per heavy atom. The van der Waals surface area contributed by atoms with Crippen molar-refractivity contribution < 1.29 is 38.1 Å². The molecule has 0 unspecified atom stereocenters. The maximum Gasteiger partial charge on any atom is 0.308 e. The zero-order chi connectivity index (χ0) is 30.7. The van der Waals surface area contributed by atoms with E-state index in [1.807, 2.05) is 55.5 Å². The number of carbonyl (C=O) groups excluding carboxylic acids is 3. The lowest BCUT2D eigenvalue weighted by Gasteiger charge is -2.30. The standard InChI is InChI=1S/C32H38N2O8/c1-21(25(15-23-9-7-11-26(17-23)38-4)16-24-10-8-12-27(18-24)39-5)41-20-32(3,19-35)34-31(37)29-30(42-22(2)36)28(40-6)13-14-33-29/h7-14,17-19,21,25H,15-16,20H2,1-6H3,(H,34,37)/t21-,32+/m0/s1. The summed E-state index contributed by atoms with van der Waals surface area (Å²) in [5.41, 5.74) is 0.553. The molecule has 2 atom stereocenters. The van der Waals surface area contributed by atoms with Crippen molar-refractivity contribution in [2.24, 2.45) is 5.92 Å². The quantitative estimate of drug-likeness (QED) is 0.209. The van der Waals surface area contributed by atoms with Crippen LogP contribution in [0, 0.1) is 5.92 Å². The molecule has 0 radical (unpaired) electrons. The molecule has 224 valence electrons. The van der Waals surface area contributed by atoms with Crippen molar-refractivity contribution in [2.75, 3.05) is 27.9 Å². The minimum absolute atomic E-state index is 0.00596. The molecular weight excluding hydrogens is 540 g/mol. The van der Waals surface area contributed by atoms with Crippen molar-refractivity contribution in [1.29, 1.82) is 0 Å². The molecule has 0 fully saturated rings. The van der Waals surface area contributed by atoms with E-state index in [2.05, 4.69) is 10.3 Å². The number of methoxy groups -OCH3 is 3. The van der Waals surface area contributed by atoms with Crippen LogP contribution < -0.4 is 24.3 Å². The molecule has 0 aliphatic rings. The van der Waals surface area contributed by atoms with Crippen LogP contribution >= 0.6 is 0 Å². The van der Waals surface area contributed by atoms with Gasteiger partial charge in [-0.3, -0.25) is 9.59 Å². The first-order valence-electron chi connectivity index (χ1n) is 13.5. The number of ether oxygens (including phenoxy) is 5. The summed E-state index contributed by atoms with van der Waals surface area (Å²) in [7, 11) is 4.63. The van der Waals surface area contributed by atoms with Gasteiger partial charge in [-0.2, -0.15) is 0 Å². The summed E-state index contributed by atoms with van der Waals surface area (Å²) < 4.78 is 27.5. The molecule has 0 saturated carbocycles. The van der Waals surface area contributed by atoms with Crippen LogP contribution in [0.4, 0.5) is 0 Å². The Kier molecular flexibility index (Phi) is 11.4. The highest BCUT2D eigenvalue weighted by atomic mass is 16.6. The van der Waals surface area contributed by atoms with Gasteiger partial charge in [-0.1, -0.05) is 24.3 Å². The van der Waals surface area contributed by atoms with Crippen LogP contribution in [-0.2, 0) is 27.2 Å². The number of pyridine rings is 1. The van der Waals surface area contributed by atoms with Crippen LogP contribution in [0.5, 0.6) is 23.0 Å². The molecule has 1 heterocycles. The second kappa shape index (κ2) is 15.0. The fourth-order valence-electron chi connectivity index (χ4n) is 4.46. The van der Waals surface area contributed by atoms with E-state index in [1.165, 1.54) is 26.3 Å². The predicted octanol–water partition coefficient (Wildman–Crippen LogP) is 4.23. The summed E-state index contributed by atoms with van der Waals surface area (Å²) >= 11 is 0. The number of hydrogen-bond donors (Lipinski definition) is 1. The predicted molar refractivity (Wildman–Crippen MR) is 156 cm³/mol. The van der Waals surface area contributed by atoms with E-state index in [1.54, 1.807) is 21.1 Å². The van der Waals surface area contributed by atoms with Crippen molar-refractivity contribution >= 4 is 18.2 Å². The van der Waals surface area contributed by atoms with Crippen molar-refractivity contribution in [3.05, 3.63) is 77.6 Å². The number of rotatable bonds is 15. The highest BCUT2D eigenvalue weighted by molar-refractivity contribution is 5.98. The first-order valence-corrected chi connectivity index (χ1v) is 13.5. The van der Waals surface area contributed by atoms with Gasteiger partial charge < -0.3 is 33.8 Å². The van der Waals surface area contributed by atoms with E-state index in [0.29, 0.717) is 19.1 Å². The molecule has 10 heteroatoms. The van der Waals surface area contributed by atoms with Crippen LogP contribution in [0.15, 0.2) is 60.8 Å². The second-order valence-corrected chi connectivity index (χ2v) is 10.2. The van der Waals surface area contributed by atoms with Gasteiger partial charge in [-0.15, -0.1) is 0 Å². The Labute approximate surface area is 246 Å². The molecule has 42 heavy (non-hydrogen) atoms. The molecule has 0 spiro atoms. The molecule has 1 amide bonds. The number of amides is 1. The average Bonchev–Trinajstić information content (AvgIpc) is 2.99. The molecule has 0 aliphatic carbocycles. The number of nitrogens with zero attached hydrogens (tertiary/aromatic N) is 1. The molecule has 2 aromatic carbocycles. The SMILES string of the molecule is COc1cccc(CC(Cc2cccc(OC)c2)[C@H](C)OC[C@@](C)(C=O)NC(=O)c2nccc(OC)c2OC(C)=O)c1. The normalized spacial score (nSPS) is 13.0. The van der Waals surface area contributed by atoms with E-state index < -0.39 is 17.4 Å². The summed E-state index contributed by atoms with van der Waals surface area (Å²) in [4.78, 5) is 41.1. The molecule has 1 aromatic heterocycles. The van der Waals surface area contributed by atoms with Crippen molar-refractivity contribution in [2.45, 2.75) is 45.3 Å². The number of esters is 1. The Morgan fingerprint density at radius 2 is 1.55 bits per heavy atom. The van der Waals surface area contributed by atoms with Crippen LogP contribution in [0.1, 0.15) is 42.4 Å². The highest BCUT2D eigenvalue weighted by Gasteiger charge is 2.32. The largest absolute Gasteiger partial charge is 0.497 e. The average molecular weight is 579 g/mol. The Morgan fingerprint density at radius 3 is 2.05 bits per heavy atom. The van der Waals surface area contributed by atoms with Crippen LogP contribution in [0.2, 0.25) is 0 Å². The monoisotopic (exact) mass is 578 g/mol. The first-order chi connectivity index (χ1) is 20.1. The Bertz CT molecular complexity index is 1330. The lowest BCUT2D eigenvalue weighted by atomic mass is 9.88. The van der Waals surface area contributed by atoms with Crippen LogP contribution in [0.25, 0.3) is 0 Å². The van der Waals surface area contributed by atoms with Gasteiger partial charge in [0.05, 0.1) is 34.0 Å². The zero-order valence-electron chi connectivity index (χ0n) is 24.8. The van der Waals surface area contributed by atoms with E-state index >= 15 is 0 Å². The number of carbonyl (C=O) groups is 3. The molecular formula is C32H38N2O8. The minimum atomic E-state index is -1.40. The van der Waals surface area contributed by atoms with Gasteiger partial charge in [-0.25, -0.2) is 4.98 Å². The summed E-state index contributed by atoms with van der Waals surface area (Å²) in [6, 6.07) is 17.2. The lowest BCUT2D eigenvalue weighted by molar-refractivity contribution is -0.132. The molecule has 0 saturated heterocycles.